The average molecular weight is 441 g/mol. The summed E-state index contributed by atoms with van der Waals surface area (Å²) in [6, 6.07) is 0. The smallest absolute Gasteiger partial charge is 0.151 e. The van der Waals surface area contributed by atoms with Gasteiger partial charge in [0.05, 0.1) is 0 Å². The molecule has 0 saturated carbocycles. The van der Waals surface area contributed by atoms with Gasteiger partial charge in [-0.1, -0.05) is 166 Å². The summed E-state index contributed by atoms with van der Waals surface area (Å²) in [5, 5.41) is 7.44. The van der Waals surface area contributed by atoms with E-state index in [0.717, 1.165) is 5.75 Å². The lowest BCUT2D eigenvalue weighted by Gasteiger charge is -2.04. The molecular weight excluding hydrogens is 384 g/mol. The molecule has 0 amide bonds. The van der Waals surface area contributed by atoms with Crippen LogP contribution >= 0.6 is 11.8 Å². The number of hydrogen-bond donors (Lipinski definition) is 2. The standard InChI is InChI=1S/C27H56N2S/c1-2-3-4-5-6-7-8-9-10-11-12-13-14-15-16-17-18-19-20-21-22-23-24-25-26-30-27(28)29/h2-26H2,1H3,(H3,28,29). The molecule has 0 spiro atoms. The third-order valence-electron chi connectivity index (χ3n) is 6.26. The van der Waals surface area contributed by atoms with Crippen LogP contribution in [0.2, 0.25) is 0 Å². The quantitative estimate of drug-likeness (QED) is 0.0842. The fourth-order valence-electron chi connectivity index (χ4n) is 4.25. The molecule has 0 heterocycles. The van der Waals surface area contributed by atoms with E-state index in [1.807, 2.05) is 0 Å². The SMILES string of the molecule is CCCCCCCCCCCCCCCCCCCCCCCCCCSC(=N)N. The molecule has 180 valence electrons. The Morgan fingerprint density at radius 3 is 0.933 bits per heavy atom. The molecule has 3 heteroatoms. The van der Waals surface area contributed by atoms with Gasteiger partial charge in [0.15, 0.2) is 5.17 Å². The molecule has 0 saturated heterocycles. The van der Waals surface area contributed by atoms with Crippen molar-refractivity contribution < 1.29 is 0 Å². The fourth-order valence-corrected chi connectivity index (χ4v) is 4.81. The van der Waals surface area contributed by atoms with Crippen molar-refractivity contribution in [1.82, 2.24) is 0 Å². The predicted molar refractivity (Wildman–Crippen MR) is 141 cm³/mol. The van der Waals surface area contributed by atoms with Crippen LogP contribution in [0.4, 0.5) is 0 Å². The molecule has 0 bridgehead atoms. The monoisotopic (exact) mass is 440 g/mol. The Morgan fingerprint density at radius 2 is 0.700 bits per heavy atom. The summed E-state index contributed by atoms with van der Waals surface area (Å²) < 4.78 is 0. The minimum absolute atomic E-state index is 0.268. The molecule has 0 aliphatic carbocycles. The van der Waals surface area contributed by atoms with Crippen molar-refractivity contribution in [2.24, 2.45) is 5.73 Å². The first-order chi connectivity index (χ1) is 14.8. The summed E-state index contributed by atoms with van der Waals surface area (Å²) in [5.74, 6) is 1.02. The number of unbranched alkanes of at least 4 members (excludes halogenated alkanes) is 23. The lowest BCUT2D eigenvalue weighted by atomic mass is 10.0. The lowest BCUT2D eigenvalue weighted by molar-refractivity contribution is 0.518. The molecule has 0 unspecified atom stereocenters. The predicted octanol–water partition coefficient (Wildman–Crippen LogP) is 10.00. The van der Waals surface area contributed by atoms with Crippen molar-refractivity contribution in [3.63, 3.8) is 0 Å². The van der Waals surface area contributed by atoms with Crippen LogP contribution in [0.5, 0.6) is 0 Å². The minimum Gasteiger partial charge on any atom is -0.379 e. The average Bonchev–Trinajstić information content (AvgIpc) is 2.73. The van der Waals surface area contributed by atoms with Gasteiger partial charge in [-0.2, -0.15) is 0 Å². The molecule has 3 N–H and O–H groups in total. The highest BCUT2D eigenvalue weighted by Crippen LogP contribution is 2.15. The number of nitrogens with two attached hydrogens (primary N) is 1. The van der Waals surface area contributed by atoms with Crippen LogP contribution in [-0.2, 0) is 0 Å². The normalized spacial score (nSPS) is 11.2. The number of amidine groups is 1. The van der Waals surface area contributed by atoms with Gasteiger partial charge in [-0.05, 0) is 6.42 Å². The molecule has 0 aromatic rings. The first kappa shape index (κ1) is 29.8. The van der Waals surface area contributed by atoms with E-state index in [-0.39, 0.29) is 5.17 Å². The van der Waals surface area contributed by atoms with Crippen LogP contribution in [-0.4, -0.2) is 10.9 Å². The molecule has 0 atom stereocenters. The van der Waals surface area contributed by atoms with E-state index in [4.69, 9.17) is 11.1 Å². The van der Waals surface area contributed by atoms with Gasteiger partial charge in [-0.25, -0.2) is 0 Å². The van der Waals surface area contributed by atoms with Gasteiger partial charge in [0.1, 0.15) is 0 Å². The van der Waals surface area contributed by atoms with E-state index in [1.54, 1.807) is 0 Å². The molecular formula is C27H56N2S. The minimum atomic E-state index is 0.268. The van der Waals surface area contributed by atoms with Crippen molar-refractivity contribution in [2.45, 2.75) is 161 Å². The maximum Gasteiger partial charge on any atom is 0.151 e. The largest absolute Gasteiger partial charge is 0.379 e. The Bertz CT molecular complexity index is 333. The van der Waals surface area contributed by atoms with Crippen LogP contribution in [0, 0.1) is 5.41 Å². The molecule has 0 aliphatic rings. The zero-order valence-electron chi connectivity index (χ0n) is 20.7. The Hall–Kier alpha value is -0.180. The summed E-state index contributed by atoms with van der Waals surface area (Å²) in [7, 11) is 0. The molecule has 0 aliphatic heterocycles. The second-order valence-electron chi connectivity index (χ2n) is 9.34. The molecule has 30 heavy (non-hydrogen) atoms. The van der Waals surface area contributed by atoms with Gasteiger partial charge in [0.25, 0.3) is 0 Å². The van der Waals surface area contributed by atoms with Crippen LogP contribution in [0.1, 0.15) is 161 Å². The number of thioether (sulfide) groups is 1. The zero-order valence-corrected chi connectivity index (χ0v) is 21.5. The Kier molecular flexibility index (Phi) is 26.7. The highest BCUT2D eigenvalue weighted by molar-refractivity contribution is 8.13. The Labute approximate surface area is 194 Å². The molecule has 0 aromatic carbocycles. The topological polar surface area (TPSA) is 49.9 Å². The van der Waals surface area contributed by atoms with Crippen molar-refractivity contribution in [3.8, 4) is 0 Å². The van der Waals surface area contributed by atoms with Crippen molar-refractivity contribution in [1.29, 1.82) is 5.41 Å². The summed E-state index contributed by atoms with van der Waals surface area (Å²) in [6.07, 6.45) is 34.4. The van der Waals surface area contributed by atoms with E-state index < -0.39 is 0 Å². The second-order valence-corrected chi connectivity index (χ2v) is 10.5. The summed E-state index contributed by atoms with van der Waals surface area (Å²) in [4.78, 5) is 0. The summed E-state index contributed by atoms with van der Waals surface area (Å²) in [6.45, 7) is 2.30. The van der Waals surface area contributed by atoms with E-state index in [2.05, 4.69) is 6.92 Å². The zero-order chi connectivity index (χ0) is 22.0. The maximum atomic E-state index is 7.17. The highest BCUT2D eigenvalue weighted by atomic mass is 32.2. The van der Waals surface area contributed by atoms with Crippen molar-refractivity contribution in [3.05, 3.63) is 0 Å². The highest BCUT2D eigenvalue weighted by Gasteiger charge is 1.96. The van der Waals surface area contributed by atoms with Gasteiger partial charge in [-0.3, -0.25) is 5.41 Å². The Balaban J connectivity index is 2.99. The first-order valence-corrected chi connectivity index (χ1v) is 14.7. The second kappa shape index (κ2) is 26.9. The van der Waals surface area contributed by atoms with Gasteiger partial charge >= 0.3 is 0 Å². The molecule has 0 rings (SSSR count). The van der Waals surface area contributed by atoms with Gasteiger partial charge in [-0.15, -0.1) is 0 Å². The van der Waals surface area contributed by atoms with Crippen LogP contribution < -0.4 is 5.73 Å². The maximum absolute atomic E-state index is 7.17. The first-order valence-electron chi connectivity index (χ1n) is 13.7. The van der Waals surface area contributed by atoms with Crippen LogP contribution in [0.25, 0.3) is 0 Å². The third-order valence-corrected chi connectivity index (χ3v) is 7.06. The number of nitrogens with one attached hydrogen (secondary N) is 1. The van der Waals surface area contributed by atoms with Gasteiger partial charge < -0.3 is 5.73 Å². The van der Waals surface area contributed by atoms with E-state index in [1.165, 1.54) is 166 Å². The fraction of sp³-hybridized carbons (Fsp3) is 0.963. The summed E-state index contributed by atoms with van der Waals surface area (Å²) in [5.41, 5.74) is 5.34. The van der Waals surface area contributed by atoms with E-state index >= 15 is 0 Å². The van der Waals surface area contributed by atoms with Crippen molar-refractivity contribution in [2.75, 3.05) is 5.75 Å². The number of rotatable bonds is 25. The van der Waals surface area contributed by atoms with Crippen molar-refractivity contribution >= 4 is 16.9 Å². The summed E-state index contributed by atoms with van der Waals surface area (Å²) >= 11 is 1.48. The van der Waals surface area contributed by atoms with Crippen LogP contribution in [0.15, 0.2) is 0 Å². The molecule has 0 aromatic heterocycles. The lowest BCUT2D eigenvalue weighted by Crippen LogP contribution is -2.04. The van der Waals surface area contributed by atoms with Crippen LogP contribution in [0.3, 0.4) is 0 Å². The molecule has 0 fully saturated rings. The third kappa shape index (κ3) is 27.8. The van der Waals surface area contributed by atoms with E-state index in [9.17, 15) is 0 Å². The van der Waals surface area contributed by atoms with E-state index in [0.29, 0.717) is 0 Å². The molecule has 2 nitrogen and oxygen atoms in total. The van der Waals surface area contributed by atoms with Gasteiger partial charge in [0, 0.05) is 5.75 Å². The molecule has 0 radical (unpaired) electrons. The van der Waals surface area contributed by atoms with Gasteiger partial charge in [0.2, 0.25) is 0 Å². The Morgan fingerprint density at radius 1 is 0.467 bits per heavy atom. The number of hydrogen-bond acceptors (Lipinski definition) is 2.